The van der Waals surface area contributed by atoms with Crippen molar-refractivity contribution >= 4 is 5.96 Å². The summed E-state index contributed by atoms with van der Waals surface area (Å²) in [4.78, 5) is 9.48. The summed E-state index contributed by atoms with van der Waals surface area (Å²) < 4.78 is 50.5. The van der Waals surface area contributed by atoms with Gasteiger partial charge < -0.3 is 14.4 Å². The van der Waals surface area contributed by atoms with Crippen molar-refractivity contribution in [3.05, 3.63) is 29.6 Å². The van der Waals surface area contributed by atoms with Crippen LogP contribution >= 0.6 is 0 Å². The minimum Gasteiger partial charge on any atom is -0.344 e. The van der Waals surface area contributed by atoms with Crippen LogP contribution in [0.5, 0.6) is 0 Å². The Labute approximate surface area is 135 Å². The Kier molecular flexibility index (Phi) is 4.29. The number of nitrogens with one attached hydrogen (secondary N) is 1. The molecule has 0 aromatic carbocycles. The van der Waals surface area contributed by atoms with Crippen molar-refractivity contribution < 1.29 is 22.6 Å². The van der Waals surface area contributed by atoms with Crippen molar-refractivity contribution in [2.24, 2.45) is 4.99 Å². The predicted molar refractivity (Wildman–Crippen MR) is 75.3 cm³/mol. The van der Waals surface area contributed by atoms with Crippen LogP contribution in [0.15, 0.2) is 23.3 Å². The quantitative estimate of drug-likeness (QED) is 0.640. The summed E-state index contributed by atoms with van der Waals surface area (Å²) in [6.07, 6.45) is -1.49. The van der Waals surface area contributed by atoms with Crippen molar-refractivity contribution in [1.82, 2.24) is 15.2 Å². The third-order valence-corrected chi connectivity index (χ3v) is 3.72. The molecule has 0 radical (unpaired) electrons. The summed E-state index contributed by atoms with van der Waals surface area (Å²) in [7, 11) is 0. The number of nitrogens with zero attached hydrogens (tertiary/aromatic N) is 4. The van der Waals surface area contributed by atoms with Gasteiger partial charge in [0.05, 0.1) is 44.1 Å². The number of rotatable bonds is 2. The highest BCUT2D eigenvalue weighted by Crippen LogP contribution is 2.32. The predicted octanol–water partition coefficient (Wildman–Crippen LogP) is 1.09. The molecule has 0 saturated carbocycles. The minimum absolute atomic E-state index is 0.147. The summed E-state index contributed by atoms with van der Waals surface area (Å²) in [5.41, 5.74) is -0.985. The SMILES string of the molecule is N#CNC1=NCC2(CN1Cc1ncccc1C(F)(F)F)OCCO2. The first kappa shape index (κ1) is 16.5. The first-order chi connectivity index (χ1) is 11.4. The van der Waals surface area contributed by atoms with Crippen molar-refractivity contribution in [3.63, 3.8) is 0 Å². The van der Waals surface area contributed by atoms with Gasteiger partial charge in [0.15, 0.2) is 6.19 Å². The molecule has 1 saturated heterocycles. The molecular weight excluding hydrogens is 327 g/mol. The van der Waals surface area contributed by atoms with Crippen LogP contribution in [-0.2, 0) is 22.2 Å². The average molecular weight is 341 g/mol. The molecule has 3 rings (SSSR count). The molecule has 1 N–H and O–H groups in total. The number of nitriles is 1. The van der Waals surface area contributed by atoms with Crippen LogP contribution in [0.25, 0.3) is 0 Å². The van der Waals surface area contributed by atoms with Gasteiger partial charge in [-0.05, 0) is 12.1 Å². The van der Waals surface area contributed by atoms with Gasteiger partial charge >= 0.3 is 6.18 Å². The number of hydrogen-bond acceptors (Lipinski definition) is 7. The van der Waals surface area contributed by atoms with Crippen LogP contribution in [-0.4, -0.2) is 47.9 Å². The molecule has 24 heavy (non-hydrogen) atoms. The maximum atomic E-state index is 13.1. The van der Waals surface area contributed by atoms with E-state index in [9.17, 15) is 13.2 Å². The van der Waals surface area contributed by atoms with E-state index in [1.807, 2.05) is 0 Å². The Hall–Kier alpha value is -2.38. The largest absolute Gasteiger partial charge is 0.418 e. The number of aliphatic imine (C=N–C) groups is 1. The van der Waals surface area contributed by atoms with Gasteiger partial charge in [-0.2, -0.15) is 18.4 Å². The van der Waals surface area contributed by atoms with Crippen molar-refractivity contribution in [2.45, 2.75) is 18.5 Å². The lowest BCUT2D eigenvalue weighted by atomic mass is 10.1. The van der Waals surface area contributed by atoms with Gasteiger partial charge in [0.1, 0.15) is 0 Å². The van der Waals surface area contributed by atoms with Gasteiger partial charge in [-0.15, -0.1) is 0 Å². The number of alkyl halides is 3. The van der Waals surface area contributed by atoms with Crippen LogP contribution in [0.4, 0.5) is 13.2 Å². The first-order valence-electron chi connectivity index (χ1n) is 7.17. The Morgan fingerprint density at radius 3 is 2.79 bits per heavy atom. The van der Waals surface area contributed by atoms with Crippen LogP contribution in [0.1, 0.15) is 11.3 Å². The monoisotopic (exact) mass is 341 g/mol. The van der Waals surface area contributed by atoms with E-state index in [1.54, 1.807) is 6.19 Å². The van der Waals surface area contributed by atoms with E-state index in [0.29, 0.717) is 13.2 Å². The normalized spacial score (nSPS) is 19.9. The highest BCUT2D eigenvalue weighted by Gasteiger charge is 2.43. The van der Waals surface area contributed by atoms with Crippen LogP contribution in [0.2, 0.25) is 0 Å². The van der Waals surface area contributed by atoms with Crippen LogP contribution in [0.3, 0.4) is 0 Å². The maximum absolute atomic E-state index is 13.1. The number of hydrogen-bond donors (Lipinski definition) is 1. The summed E-state index contributed by atoms with van der Waals surface area (Å²) in [6, 6.07) is 2.20. The Balaban J connectivity index is 1.88. The smallest absolute Gasteiger partial charge is 0.344 e. The van der Waals surface area contributed by atoms with Gasteiger partial charge in [-0.1, -0.05) is 0 Å². The number of aromatic nitrogens is 1. The van der Waals surface area contributed by atoms with Crippen molar-refractivity contribution in [2.75, 3.05) is 26.3 Å². The van der Waals surface area contributed by atoms with Crippen LogP contribution in [0, 0.1) is 11.5 Å². The first-order valence-corrected chi connectivity index (χ1v) is 7.17. The molecule has 10 heteroatoms. The van der Waals surface area contributed by atoms with Gasteiger partial charge in [0.2, 0.25) is 11.7 Å². The zero-order valence-corrected chi connectivity index (χ0v) is 12.5. The van der Waals surface area contributed by atoms with Gasteiger partial charge in [0.25, 0.3) is 0 Å². The van der Waals surface area contributed by atoms with Crippen LogP contribution < -0.4 is 5.32 Å². The Morgan fingerprint density at radius 1 is 1.38 bits per heavy atom. The second-order valence-corrected chi connectivity index (χ2v) is 5.34. The van der Waals surface area contributed by atoms with Crippen molar-refractivity contribution in [1.29, 1.82) is 5.26 Å². The lowest BCUT2D eigenvalue weighted by Crippen LogP contribution is -2.55. The molecule has 0 unspecified atom stereocenters. The highest BCUT2D eigenvalue weighted by atomic mass is 19.4. The second kappa shape index (κ2) is 6.26. The molecule has 1 spiro atoms. The van der Waals surface area contributed by atoms with E-state index in [-0.39, 0.29) is 31.3 Å². The molecule has 0 amide bonds. The minimum atomic E-state index is -4.52. The van der Waals surface area contributed by atoms with Gasteiger partial charge in [-0.25, -0.2) is 4.99 Å². The molecule has 1 fully saturated rings. The number of halogens is 3. The standard InChI is InChI=1S/C14H14F3N5O2/c15-14(16,17)10-2-1-3-19-11(10)6-22-8-13(23-4-5-24-13)7-20-12(22)21-9-18/h1-3H,4-8H2,(H,20,21). The molecule has 1 aromatic heterocycles. The van der Waals surface area contributed by atoms with E-state index in [4.69, 9.17) is 14.7 Å². The van der Waals surface area contributed by atoms with E-state index < -0.39 is 17.5 Å². The fraction of sp³-hybridized carbons (Fsp3) is 0.500. The van der Waals surface area contributed by atoms with Gasteiger partial charge in [-0.3, -0.25) is 10.3 Å². The molecular formula is C14H14F3N5O2. The molecule has 1 aromatic rings. The van der Waals surface area contributed by atoms with E-state index in [1.165, 1.54) is 17.2 Å². The number of pyridine rings is 1. The topological polar surface area (TPSA) is 82.8 Å². The number of guanidine groups is 1. The lowest BCUT2D eigenvalue weighted by molar-refractivity contribution is -0.161. The third-order valence-electron chi connectivity index (χ3n) is 3.72. The third kappa shape index (κ3) is 3.27. The summed E-state index contributed by atoms with van der Waals surface area (Å²) in [5, 5.41) is 11.2. The van der Waals surface area contributed by atoms with E-state index >= 15 is 0 Å². The summed E-state index contributed by atoms with van der Waals surface area (Å²) in [5.74, 6) is -0.825. The molecule has 2 aliphatic rings. The fourth-order valence-corrected chi connectivity index (χ4v) is 2.69. The lowest BCUT2D eigenvalue weighted by Gasteiger charge is -2.37. The Bertz CT molecular complexity index is 680. The maximum Gasteiger partial charge on any atom is 0.418 e. The molecule has 128 valence electrons. The molecule has 0 bridgehead atoms. The molecule has 2 aliphatic heterocycles. The van der Waals surface area contributed by atoms with Crippen molar-refractivity contribution in [3.8, 4) is 6.19 Å². The molecule has 3 heterocycles. The zero-order chi connectivity index (χ0) is 17.2. The summed E-state index contributed by atoms with van der Waals surface area (Å²) >= 11 is 0. The second-order valence-electron chi connectivity index (χ2n) is 5.34. The summed E-state index contributed by atoms with van der Waals surface area (Å²) in [6.45, 7) is 0.914. The molecule has 0 aliphatic carbocycles. The van der Waals surface area contributed by atoms with Gasteiger partial charge in [0, 0.05) is 6.20 Å². The molecule has 7 nitrogen and oxygen atoms in total. The number of ether oxygens (including phenoxy) is 2. The molecule has 0 atom stereocenters. The fourth-order valence-electron chi connectivity index (χ4n) is 2.69. The zero-order valence-electron chi connectivity index (χ0n) is 12.5. The van der Waals surface area contributed by atoms with E-state index in [0.717, 1.165) is 6.07 Å². The average Bonchev–Trinajstić information content (AvgIpc) is 2.98. The highest BCUT2D eigenvalue weighted by molar-refractivity contribution is 5.82. The Morgan fingerprint density at radius 2 is 2.12 bits per heavy atom. The van der Waals surface area contributed by atoms with E-state index in [2.05, 4.69) is 15.3 Å².